The second kappa shape index (κ2) is 11.5. The van der Waals surface area contributed by atoms with E-state index >= 15 is 0 Å². The number of ether oxygens (including phenoxy) is 1. The third-order valence-corrected chi connectivity index (χ3v) is 7.83. The van der Waals surface area contributed by atoms with Crippen LogP contribution in [0.1, 0.15) is 28.4 Å². The summed E-state index contributed by atoms with van der Waals surface area (Å²) >= 11 is 1.74. The average Bonchev–Trinajstić information content (AvgIpc) is 3.02. The van der Waals surface area contributed by atoms with Gasteiger partial charge in [-0.2, -0.15) is 5.10 Å². The highest BCUT2D eigenvalue weighted by Crippen LogP contribution is 2.44. The molecule has 1 aliphatic heterocycles. The minimum Gasteiger partial charge on any atom is -0.489 e. The normalized spacial score (nSPS) is 12.1. The van der Waals surface area contributed by atoms with Crippen LogP contribution in [0.15, 0.2) is 136 Å². The van der Waals surface area contributed by atoms with Gasteiger partial charge < -0.3 is 10.1 Å². The van der Waals surface area contributed by atoms with Crippen molar-refractivity contribution in [3.05, 3.63) is 138 Å². The number of carbonyl (C=O) groups excluding carboxylic acids is 1. The molecule has 0 fully saturated rings. The van der Waals surface area contributed by atoms with E-state index in [1.807, 2.05) is 67.6 Å². The van der Waals surface area contributed by atoms with Crippen LogP contribution >= 0.6 is 11.8 Å². The molecule has 1 aliphatic rings. The van der Waals surface area contributed by atoms with Crippen LogP contribution in [0.3, 0.4) is 0 Å². The molecular weight excluding hydrogens is 514 g/mol. The summed E-state index contributed by atoms with van der Waals surface area (Å²) in [5.41, 5.74) is 10.3. The van der Waals surface area contributed by atoms with Gasteiger partial charge in [0.2, 0.25) is 0 Å². The number of fused-ring (bicyclic) bond motifs is 2. The standard InChI is InChI=1S/C34H27N3O2S/c1-23(28-17-20-33-31(21-28)35-30-9-5-6-10-32(30)40-33)36-37-34(38)27-13-11-24(12-14-27)22-39-29-18-15-26(16-19-29)25-7-3-2-4-8-25/h2-21,35H,22H2,1H3,(H,37,38)/b36-23+. The van der Waals surface area contributed by atoms with Crippen molar-refractivity contribution in [3.63, 3.8) is 0 Å². The molecule has 0 radical (unpaired) electrons. The van der Waals surface area contributed by atoms with Crippen molar-refractivity contribution in [2.24, 2.45) is 5.10 Å². The van der Waals surface area contributed by atoms with E-state index in [2.05, 4.69) is 64.4 Å². The Kier molecular flexibility index (Phi) is 7.33. The largest absolute Gasteiger partial charge is 0.489 e. The van der Waals surface area contributed by atoms with Gasteiger partial charge in [0.05, 0.1) is 17.1 Å². The maximum absolute atomic E-state index is 12.7. The molecule has 5 nitrogen and oxygen atoms in total. The van der Waals surface area contributed by atoms with E-state index in [1.54, 1.807) is 23.9 Å². The van der Waals surface area contributed by atoms with Crippen molar-refractivity contribution in [2.75, 3.05) is 5.32 Å². The Balaban J connectivity index is 1.04. The molecule has 5 aromatic rings. The van der Waals surface area contributed by atoms with E-state index in [-0.39, 0.29) is 5.91 Å². The van der Waals surface area contributed by atoms with Gasteiger partial charge in [-0.3, -0.25) is 4.79 Å². The van der Waals surface area contributed by atoms with Gasteiger partial charge >= 0.3 is 0 Å². The van der Waals surface area contributed by atoms with Crippen LogP contribution in [0.2, 0.25) is 0 Å². The lowest BCUT2D eigenvalue weighted by Crippen LogP contribution is -2.19. The van der Waals surface area contributed by atoms with Gasteiger partial charge in [0.15, 0.2) is 0 Å². The Morgan fingerprint density at radius 2 is 1.43 bits per heavy atom. The SMILES string of the molecule is C/C(=N\NC(=O)c1ccc(COc2ccc(-c3ccccc3)cc2)cc1)c1ccc2c(c1)Nc1ccccc1S2. The van der Waals surface area contributed by atoms with E-state index in [4.69, 9.17) is 4.74 Å². The highest BCUT2D eigenvalue weighted by atomic mass is 32.2. The molecule has 0 bridgehead atoms. The van der Waals surface area contributed by atoms with E-state index < -0.39 is 0 Å². The first kappa shape index (κ1) is 25.5. The number of hydrogen-bond donors (Lipinski definition) is 2. The molecule has 5 aromatic carbocycles. The Labute approximate surface area is 237 Å². The maximum atomic E-state index is 12.7. The first-order valence-corrected chi connectivity index (χ1v) is 13.8. The number of nitrogens with one attached hydrogen (secondary N) is 2. The van der Waals surface area contributed by atoms with Crippen molar-refractivity contribution >= 4 is 34.8 Å². The van der Waals surface area contributed by atoms with Crippen molar-refractivity contribution in [1.29, 1.82) is 0 Å². The number of amides is 1. The highest BCUT2D eigenvalue weighted by Gasteiger charge is 2.16. The number of nitrogens with zero attached hydrogens (tertiary/aromatic N) is 1. The molecule has 0 unspecified atom stereocenters. The first-order valence-electron chi connectivity index (χ1n) is 13.0. The van der Waals surface area contributed by atoms with Gasteiger partial charge in [-0.15, -0.1) is 0 Å². The Morgan fingerprint density at radius 3 is 2.23 bits per heavy atom. The fourth-order valence-corrected chi connectivity index (χ4v) is 5.39. The van der Waals surface area contributed by atoms with Crippen molar-refractivity contribution in [1.82, 2.24) is 5.43 Å². The van der Waals surface area contributed by atoms with Crippen LogP contribution < -0.4 is 15.5 Å². The van der Waals surface area contributed by atoms with Crippen LogP contribution in [-0.2, 0) is 6.61 Å². The summed E-state index contributed by atoms with van der Waals surface area (Å²) in [4.78, 5) is 15.1. The molecule has 0 saturated carbocycles. The van der Waals surface area contributed by atoms with Gasteiger partial charge in [0, 0.05) is 15.4 Å². The molecule has 1 heterocycles. The first-order chi connectivity index (χ1) is 19.6. The fraction of sp³-hybridized carbons (Fsp3) is 0.0588. The third-order valence-electron chi connectivity index (χ3n) is 6.68. The third kappa shape index (κ3) is 5.77. The lowest BCUT2D eigenvalue weighted by molar-refractivity contribution is 0.0954. The van der Waals surface area contributed by atoms with Gasteiger partial charge in [-0.05, 0) is 77.7 Å². The van der Waals surface area contributed by atoms with E-state index in [1.165, 1.54) is 10.5 Å². The molecule has 0 saturated heterocycles. The van der Waals surface area contributed by atoms with Crippen molar-refractivity contribution in [2.45, 2.75) is 23.3 Å². The molecule has 0 aliphatic carbocycles. The molecule has 0 atom stereocenters. The summed E-state index contributed by atoms with van der Waals surface area (Å²) in [7, 11) is 0. The number of hydrazone groups is 1. The minimum absolute atomic E-state index is 0.260. The minimum atomic E-state index is -0.260. The topological polar surface area (TPSA) is 62.7 Å². The molecule has 6 rings (SSSR count). The number of benzene rings is 5. The monoisotopic (exact) mass is 541 g/mol. The quantitative estimate of drug-likeness (QED) is 0.158. The summed E-state index contributed by atoms with van der Waals surface area (Å²) in [6.45, 7) is 2.30. The van der Waals surface area contributed by atoms with Gasteiger partial charge in [0.25, 0.3) is 5.91 Å². The zero-order valence-corrected chi connectivity index (χ0v) is 22.7. The number of rotatable bonds is 7. The molecule has 0 spiro atoms. The van der Waals surface area contributed by atoms with Crippen molar-refractivity contribution in [3.8, 4) is 16.9 Å². The second-order valence-corrected chi connectivity index (χ2v) is 10.5. The van der Waals surface area contributed by atoms with Crippen LogP contribution in [0.5, 0.6) is 5.75 Å². The van der Waals surface area contributed by atoms with Gasteiger partial charge in [-0.25, -0.2) is 5.43 Å². The second-order valence-electron chi connectivity index (χ2n) is 9.45. The van der Waals surface area contributed by atoms with E-state index in [9.17, 15) is 4.79 Å². The highest BCUT2D eigenvalue weighted by molar-refractivity contribution is 7.99. The number of anilines is 2. The summed E-state index contributed by atoms with van der Waals surface area (Å²) < 4.78 is 5.94. The van der Waals surface area contributed by atoms with Crippen LogP contribution in [0.4, 0.5) is 11.4 Å². The van der Waals surface area contributed by atoms with Crippen LogP contribution in [0.25, 0.3) is 11.1 Å². The summed E-state index contributed by atoms with van der Waals surface area (Å²) in [6, 6.07) is 40.1. The summed E-state index contributed by atoms with van der Waals surface area (Å²) in [5, 5.41) is 7.84. The molecule has 1 amide bonds. The van der Waals surface area contributed by atoms with Gasteiger partial charge in [-0.1, -0.05) is 84.6 Å². The zero-order valence-electron chi connectivity index (χ0n) is 21.9. The molecule has 0 aromatic heterocycles. The Morgan fingerprint density at radius 1 is 0.750 bits per heavy atom. The summed E-state index contributed by atoms with van der Waals surface area (Å²) in [5.74, 6) is 0.537. The van der Waals surface area contributed by atoms with E-state index in [0.717, 1.165) is 44.4 Å². The van der Waals surface area contributed by atoms with Crippen LogP contribution in [0, 0.1) is 0 Å². The van der Waals surface area contributed by atoms with E-state index in [0.29, 0.717) is 12.2 Å². The number of hydrogen-bond acceptors (Lipinski definition) is 5. The molecule has 196 valence electrons. The number of carbonyl (C=O) groups is 1. The zero-order chi connectivity index (χ0) is 27.3. The molecule has 40 heavy (non-hydrogen) atoms. The Hall–Kier alpha value is -4.81. The molecule has 6 heteroatoms. The maximum Gasteiger partial charge on any atom is 0.271 e. The molecule has 2 N–H and O–H groups in total. The lowest BCUT2D eigenvalue weighted by atomic mass is 10.1. The van der Waals surface area contributed by atoms with Crippen molar-refractivity contribution < 1.29 is 9.53 Å². The number of para-hydroxylation sites is 1. The lowest BCUT2D eigenvalue weighted by Gasteiger charge is -2.21. The predicted octanol–water partition coefficient (Wildman–Crippen LogP) is 8.29. The average molecular weight is 542 g/mol. The van der Waals surface area contributed by atoms with Crippen LogP contribution in [-0.4, -0.2) is 11.6 Å². The smallest absolute Gasteiger partial charge is 0.271 e. The predicted molar refractivity (Wildman–Crippen MR) is 163 cm³/mol. The van der Waals surface area contributed by atoms with Gasteiger partial charge in [0.1, 0.15) is 12.4 Å². The fourth-order valence-electron chi connectivity index (χ4n) is 4.42. The molecular formula is C34H27N3O2S. The Bertz CT molecular complexity index is 1680. The summed E-state index contributed by atoms with van der Waals surface area (Å²) in [6.07, 6.45) is 0.